The van der Waals surface area contributed by atoms with Gasteiger partial charge in [0.25, 0.3) is 0 Å². The summed E-state index contributed by atoms with van der Waals surface area (Å²) in [6.07, 6.45) is 0.980. The van der Waals surface area contributed by atoms with Crippen molar-refractivity contribution >= 4 is 11.9 Å². The van der Waals surface area contributed by atoms with Gasteiger partial charge in [0, 0.05) is 6.54 Å². The highest BCUT2D eigenvalue weighted by molar-refractivity contribution is 6.05. The molecule has 1 aromatic rings. The molecular weight excluding hydrogens is 286 g/mol. The van der Waals surface area contributed by atoms with Gasteiger partial charge in [-0.2, -0.15) is 0 Å². The Bertz CT molecular complexity index is 615. The van der Waals surface area contributed by atoms with Crippen molar-refractivity contribution in [1.82, 2.24) is 5.32 Å². The molecule has 2 unspecified atom stereocenters. The highest BCUT2D eigenvalue weighted by Gasteiger charge is 2.63. The fraction of sp³-hybridized carbons (Fsp3) is 0.500. The monoisotopic (exact) mass is 305 g/mol. The first-order valence-electron chi connectivity index (χ1n) is 7.45. The maximum absolute atomic E-state index is 12.1. The summed E-state index contributed by atoms with van der Waals surface area (Å²) in [6, 6.07) is 5.65. The molecule has 0 radical (unpaired) electrons. The number of nitrogens with one attached hydrogen (secondary N) is 1. The minimum absolute atomic E-state index is 0.105. The van der Waals surface area contributed by atoms with E-state index in [9.17, 15) is 14.7 Å². The van der Waals surface area contributed by atoms with Crippen LogP contribution in [0.15, 0.2) is 18.2 Å². The van der Waals surface area contributed by atoms with E-state index in [4.69, 9.17) is 9.47 Å². The van der Waals surface area contributed by atoms with Crippen molar-refractivity contribution in [2.24, 2.45) is 11.3 Å². The van der Waals surface area contributed by atoms with Crippen LogP contribution in [0, 0.1) is 11.3 Å². The number of carbonyl (C=O) groups is 2. The number of carboxylic acid groups (broad SMARTS) is 1. The van der Waals surface area contributed by atoms with Crippen LogP contribution in [-0.2, 0) is 16.0 Å². The van der Waals surface area contributed by atoms with Crippen LogP contribution in [0.1, 0.15) is 18.9 Å². The van der Waals surface area contributed by atoms with E-state index >= 15 is 0 Å². The lowest BCUT2D eigenvalue weighted by Crippen LogP contribution is -2.39. The molecule has 0 bridgehead atoms. The summed E-state index contributed by atoms with van der Waals surface area (Å²) in [4.78, 5) is 23.4. The minimum Gasteiger partial charge on any atom is -0.486 e. The number of fused-ring (bicyclic) bond motifs is 1. The van der Waals surface area contributed by atoms with Crippen molar-refractivity contribution in [3.8, 4) is 11.5 Å². The lowest BCUT2D eigenvalue weighted by atomic mass is 10.0. The van der Waals surface area contributed by atoms with Gasteiger partial charge in [-0.1, -0.05) is 19.1 Å². The number of aliphatic carboxylic acids is 1. The predicted octanol–water partition coefficient (Wildman–Crippen LogP) is 1.23. The van der Waals surface area contributed by atoms with Gasteiger partial charge in [-0.25, -0.2) is 0 Å². The number of carboxylic acids is 1. The summed E-state index contributed by atoms with van der Waals surface area (Å²) in [5.74, 6) is -0.101. The van der Waals surface area contributed by atoms with Crippen LogP contribution < -0.4 is 14.8 Å². The third kappa shape index (κ3) is 2.38. The summed E-state index contributed by atoms with van der Waals surface area (Å²) in [5, 5.41) is 12.0. The summed E-state index contributed by atoms with van der Waals surface area (Å²) >= 11 is 0. The van der Waals surface area contributed by atoms with Crippen molar-refractivity contribution in [3.63, 3.8) is 0 Å². The summed E-state index contributed by atoms with van der Waals surface area (Å²) in [7, 11) is 0. The Balaban J connectivity index is 1.60. The third-order valence-corrected chi connectivity index (χ3v) is 4.42. The maximum Gasteiger partial charge on any atom is 0.319 e. The average molecular weight is 305 g/mol. The van der Waals surface area contributed by atoms with Gasteiger partial charge in [-0.15, -0.1) is 0 Å². The van der Waals surface area contributed by atoms with Crippen LogP contribution in [0.25, 0.3) is 0 Å². The van der Waals surface area contributed by atoms with Crippen molar-refractivity contribution in [1.29, 1.82) is 0 Å². The van der Waals surface area contributed by atoms with E-state index in [0.717, 1.165) is 11.3 Å². The van der Waals surface area contributed by atoms with E-state index in [1.165, 1.54) is 0 Å². The summed E-state index contributed by atoms with van der Waals surface area (Å²) in [6.45, 7) is 3.20. The van der Waals surface area contributed by atoms with Crippen molar-refractivity contribution in [2.45, 2.75) is 19.8 Å². The first kappa shape index (κ1) is 14.7. The van der Waals surface area contributed by atoms with Gasteiger partial charge in [-0.3, -0.25) is 9.59 Å². The van der Waals surface area contributed by atoms with E-state index in [-0.39, 0.29) is 5.92 Å². The summed E-state index contributed by atoms with van der Waals surface area (Å²) < 4.78 is 11.1. The Morgan fingerprint density at radius 2 is 2.09 bits per heavy atom. The quantitative estimate of drug-likeness (QED) is 0.799. The molecule has 0 saturated heterocycles. The molecule has 3 rings (SSSR count). The van der Waals surface area contributed by atoms with Gasteiger partial charge in [0.1, 0.15) is 18.6 Å². The van der Waals surface area contributed by atoms with Crippen molar-refractivity contribution in [3.05, 3.63) is 23.8 Å². The number of ether oxygens (including phenoxy) is 2. The molecule has 1 aromatic carbocycles. The van der Waals surface area contributed by atoms with E-state index in [1.807, 2.05) is 18.2 Å². The fourth-order valence-electron chi connectivity index (χ4n) is 2.94. The topological polar surface area (TPSA) is 84.9 Å². The molecule has 118 valence electrons. The third-order valence-electron chi connectivity index (χ3n) is 4.42. The second kappa shape index (κ2) is 5.51. The van der Waals surface area contributed by atoms with Crippen LogP contribution in [0.4, 0.5) is 0 Å². The standard InChI is InChI=1S/C16H19NO5/c1-10-9-16(10,15(19)20)14(18)17-6-5-11-3-2-4-12-13(11)22-8-7-21-12/h2-4,10H,5-9H2,1H3,(H,17,18)(H,19,20). The second-order valence-electron chi connectivity index (χ2n) is 5.83. The molecule has 2 N–H and O–H groups in total. The first-order valence-corrected chi connectivity index (χ1v) is 7.45. The number of amides is 1. The molecule has 6 heteroatoms. The van der Waals surface area contributed by atoms with Gasteiger partial charge in [0.05, 0.1) is 0 Å². The van der Waals surface area contributed by atoms with Crippen LogP contribution >= 0.6 is 0 Å². The Morgan fingerprint density at radius 3 is 2.77 bits per heavy atom. The average Bonchev–Trinajstić information content (AvgIpc) is 3.20. The number of rotatable bonds is 5. The molecule has 1 saturated carbocycles. The van der Waals surface area contributed by atoms with Crippen molar-refractivity contribution < 1.29 is 24.2 Å². The van der Waals surface area contributed by atoms with Crippen LogP contribution in [0.3, 0.4) is 0 Å². The molecule has 0 aromatic heterocycles. The van der Waals surface area contributed by atoms with Crippen LogP contribution in [0.5, 0.6) is 11.5 Å². The van der Waals surface area contributed by atoms with E-state index in [2.05, 4.69) is 5.32 Å². The van der Waals surface area contributed by atoms with Gasteiger partial charge in [-0.05, 0) is 30.4 Å². The maximum atomic E-state index is 12.1. The zero-order valence-electron chi connectivity index (χ0n) is 12.4. The smallest absolute Gasteiger partial charge is 0.319 e. The van der Waals surface area contributed by atoms with E-state index in [0.29, 0.717) is 38.3 Å². The zero-order chi connectivity index (χ0) is 15.7. The van der Waals surface area contributed by atoms with Gasteiger partial charge >= 0.3 is 5.97 Å². The van der Waals surface area contributed by atoms with Gasteiger partial charge in [0.15, 0.2) is 11.5 Å². The van der Waals surface area contributed by atoms with Gasteiger partial charge < -0.3 is 19.9 Å². The predicted molar refractivity (Wildman–Crippen MR) is 78.0 cm³/mol. The van der Waals surface area contributed by atoms with Crippen molar-refractivity contribution in [2.75, 3.05) is 19.8 Å². The number of benzene rings is 1. The lowest BCUT2D eigenvalue weighted by Gasteiger charge is -2.21. The number of hydrogen-bond acceptors (Lipinski definition) is 4. The van der Waals surface area contributed by atoms with E-state index in [1.54, 1.807) is 6.92 Å². The molecule has 2 atom stereocenters. The normalized spacial score (nSPS) is 25.4. The molecule has 2 aliphatic rings. The molecular formula is C16H19NO5. The Labute approximate surface area is 128 Å². The molecule has 1 aliphatic carbocycles. The molecule has 22 heavy (non-hydrogen) atoms. The molecule has 1 fully saturated rings. The molecule has 1 aliphatic heterocycles. The minimum atomic E-state index is -1.23. The highest BCUT2D eigenvalue weighted by Crippen LogP contribution is 2.52. The lowest BCUT2D eigenvalue weighted by molar-refractivity contribution is -0.149. The van der Waals surface area contributed by atoms with Crippen LogP contribution in [0.2, 0.25) is 0 Å². The summed E-state index contributed by atoms with van der Waals surface area (Å²) in [5.41, 5.74) is -0.277. The zero-order valence-corrected chi connectivity index (χ0v) is 12.4. The number of carbonyl (C=O) groups excluding carboxylic acids is 1. The van der Waals surface area contributed by atoms with Crippen LogP contribution in [-0.4, -0.2) is 36.7 Å². The molecule has 1 amide bonds. The SMILES string of the molecule is CC1CC1(C(=O)O)C(=O)NCCc1cccc2c1OCCO2. The molecule has 6 nitrogen and oxygen atoms in total. The Kier molecular flexibility index (Phi) is 3.68. The Hall–Kier alpha value is -2.24. The first-order chi connectivity index (χ1) is 10.6. The second-order valence-corrected chi connectivity index (χ2v) is 5.83. The largest absolute Gasteiger partial charge is 0.486 e. The fourth-order valence-corrected chi connectivity index (χ4v) is 2.94. The van der Waals surface area contributed by atoms with Gasteiger partial charge in [0.2, 0.25) is 5.91 Å². The molecule has 1 heterocycles. The molecule has 0 spiro atoms. The number of hydrogen-bond donors (Lipinski definition) is 2. The number of para-hydroxylation sites is 1. The Morgan fingerprint density at radius 1 is 1.36 bits per heavy atom. The highest BCUT2D eigenvalue weighted by atomic mass is 16.6. The van der Waals surface area contributed by atoms with E-state index < -0.39 is 17.3 Å².